The highest BCUT2D eigenvalue weighted by Gasteiger charge is 2.35. The average Bonchev–Trinajstić information content (AvgIpc) is 2.79. The van der Waals surface area contributed by atoms with Gasteiger partial charge in [-0.1, -0.05) is 6.92 Å². The first-order valence-corrected chi connectivity index (χ1v) is 5.20. The second-order valence-electron chi connectivity index (χ2n) is 3.87. The zero-order chi connectivity index (χ0) is 11.8. The van der Waals surface area contributed by atoms with Gasteiger partial charge in [-0.3, -0.25) is 4.79 Å². The van der Waals surface area contributed by atoms with Crippen molar-refractivity contribution in [3.63, 3.8) is 0 Å². The summed E-state index contributed by atoms with van der Waals surface area (Å²) in [6, 6.07) is 0. The van der Waals surface area contributed by atoms with Crippen molar-refractivity contribution in [3.8, 4) is 0 Å². The van der Waals surface area contributed by atoms with E-state index in [2.05, 4.69) is 4.98 Å². The number of carbonyl (C=O) groups excluding carboxylic acids is 1. The van der Waals surface area contributed by atoms with E-state index in [0.29, 0.717) is 19.4 Å². The van der Waals surface area contributed by atoms with Gasteiger partial charge in [0.2, 0.25) is 0 Å². The fourth-order valence-electron chi connectivity index (χ4n) is 1.99. The minimum atomic E-state index is -1.08. The Bertz CT molecular complexity index is 404. The minimum absolute atomic E-state index is 0.0691. The number of aromatic nitrogens is 2. The molecule has 0 unspecified atom stereocenters. The molecule has 0 spiro atoms. The Balaban J connectivity index is 2.17. The van der Waals surface area contributed by atoms with Crippen LogP contribution < -0.4 is 0 Å². The second kappa shape index (κ2) is 4.04. The largest absolute Gasteiger partial charge is 0.465 e. The van der Waals surface area contributed by atoms with E-state index in [4.69, 9.17) is 6.11 Å². The van der Waals surface area contributed by atoms with Crippen LogP contribution in [-0.4, -0.2) is 22.1 Å². The second-order valence-corrected chi connectivity index (χ2v) is 3.87. The number of ether oxygens (including phenoxy) is 1. The molecule has 1 saturated heterocycles. The van der Waals surface area contributed by atoms with Crippen molar-refractivity contribution in [3.05, 3.63) is 18.2 Å². The first-order chi connectivity index (χ1) is 7.58. The van der Waals surface area contributed by atoms with Gasteiger partial charge in [-0.2, -0.15) is 0 Å². The highest BCUT2D eigenvalue weighted by Crippen LogP contribution is 2.27. The van der Waals surface area contributed by atoms with E-state index in [-0.39, 0.29) is 11.9 Å². The SMILES string of the molecule is [2H][C@@]1(CC)C(=O)OC[C@@H]1Cc1cncn1C. The molecule has 0 aliphatic carbocycles. The maximum Gasteiger partial charge on any atom is 0.309 e. The highest BCUT2D eigenvalue weighted by atomic mass is 16.5. The van der Waals surface area contributed by atoms with Crippen LogP contribution in [0.3, 0.4) is 0 Å². The quantitative estimate of drug-likeness (QED) is 0.702. The molecule has 1 aliphatic heterocycles. The van der Waals surface area contributed by atoms with Gasteiger partial charge in [-0.05, 0) is 12.8 Å². The lowest BCUT2D eigenvalue weighted by atomic mass is 9.89. The fourth-order valence-corrected chi connectivity index (χ4v) is 1.99. The van der Waals surface area contributed by atoms with Gasteiger partial charge < -0.3 is 9.30 Å². The van der Waals surface area contributed by atoms with E-state index in [9.17, 15) is 4.79 Å². The number of cyclic esters (lactones) is 1. The van der Waals surface area contributed by atoms with Gasteiger partial charge >= 0.3 is 5.97 Å². The zero-order valence-electron chi connectivity index (χ0n) is 10.1. The van der Waals surface area contributed by atoms with Gasteiger partial charge in [0.05, 0.1) is 18.8 Å². The molecule has 4 heteroatoms. The summed E-state index contributed by atoms with van der Waals surface area (Å²) in [6.07, 6.45) is 4.66. The van der Waals surface area contributed by atoms with E-state index in [1.165, 1.54) is 0 Å². The minimum Gasteiger partial charge on any atom is -0.465 e. The molecule has 1 fully saturated rings. The molecule has 2 heterocycles. The van der Waals surface area contributed by atoms with Crippen LogP contribution in [0.1, 0.15) is 20.4 Å². The third kappa shape index (κ3) is 1.89. The molecule has 15 heavy (non-hydrogen) atoms. The normalized spacial score (nSPS) is 31.5. The molecule has 2 atom stereocenters. The Hall–Kier alpha value is -1.32. The van der Waals surface area contributed by atoms with Crippen molar-refractivity contribution in [2.45, 2.75) is 19.8 Å². The lowest BCUT2D eigenvalue weighted by molar-refractivity contribution is -0.141. The molecule has 0 aromatic carbocycles. The number of nitrogens with zero attached hydrogens (tertiary/aromatic N) is 2. The molecule has 0 saturated carbocycles. The van der Waals surface area contributed by atoms with Gasteiger partial charge in [-0.15, -0.1) is 0 Å². The predicted molar refractivity (Wildman–Crippen MR) is 55.1 cm³/mol. The van der Waals surface area contributed by atoms with Crippen molar-refractivity contribution in [1.29, 1.82) is 0 Å². The van der Waals surface area contributed by atoms with Crippen LogP contribution in [0.25, 0.3) is 0 Å². The summed E-state index contributed by atoms with van der Waals surface area (Å²) in [4.78, 5) is 15.6. The number of aryl methyl sites for hydroxylation is 1. The van der Waals surface area contributed by atoms with E-state index >= 15 is 0 Å². The van der Waals surface area contributed by atoms with Gasteiger partial charge in [0.25, 0.3) is 0 Å². The number of imidazole rings is 1. The predicted octanol–water partition coefficient (Wildman–Crippen LogP) is 1.16. The van der Waals surface area contributed by atoms with Crippen molar-refractivity contribution in [2.24, 2.45) is 18.9 Å². The fraction of sp³-hybridized carbons (Fsp3) is 0.636. The Morgan fingerprint density at radius 2 is 2.60 bits per heavy atom. The molecule has 0 radical (unpaired) electrons. The van der Waals surface area contributed by atoms with Crippen LogP contribution in [0.2, 0.25) is 0 Å². The van der Waals surface area contributed by atoms with Crippen LogP contribution in [0.15, 0.2) is 12.5 Å². The standard InChI is InChI=1S/C11H16N2O2/c1-3-10-8(6-15-11(10)14)4-9-5-12-7-13(9)2/h5,7-8,10H,3-4,6H2,1-2H3/t8-,10-/m0/s1/i10D. The van der Waals surface area contributed by atoms with Crippen molar-refractivity contribution < 1.29 is 10.9 Å². The average molecular weight is 209 g/mol. The van der Waals surface area contributed by atoms with E-state index in [1.807, 2.05) is 18.5 Å². The molecule has 1 aliphatic rings. The maximum absolute atomic E-state index is 11.5. The van der Waals surface area contributed by atoms with E-state index in [1.54, 1.807) is 12.5 Å². The lowest BCUT2D eigenvalue weighted by Crippen LogP contribution is -2.18. The Kier molecular flexibility index (Phi) is 2.41. The van der Waals surface area contributed by atoms with Crippen LogP contribution in [0.5, 0.6) is 0 Å². The first-order valence-electron chi connectivity index (χ1n) is 5.70. The summed E-state index contributed by atoms with van der Waals surface area (Å²) >= 11 is 0. The van der Waals surface area contributed by atoms with Gasteiger partial charge in [0, 0.05) is 26.2 Å². The first kappa shape index (κ1) is 8.95. The smallest absolute Gasteiger partial charge is 0.309 e. The third-order valence-corrected chi connectivity index (χ3v) is 2.92. The highest BCUT2D eigenvalue weighted by molar-refractivity contribution is 5.74. The Morgan fingerprint density at radius 3 is 3.20 bits per heavy atom. The number of carbonyl (C=O) groups is 1. The molecule has 1 aromatic heterocycles. The maximum atomic E-state index is 11.5. The number of hydrogen-bond donors (Lipinski definition) is 0. The summed E-state index contributed by atoms with van der Waals surface area (Å²) in [6.45, 7) is 2.21. The molecule has 4 nitrogen and oxygen atoms in total. The van der Waals surface area contributed by atoms with Gasteiger partial charge in [0.15, 0.2) is 0 Å². The topological polar surface area (TPSA) is 44.1 Å². The zero-order valence-corrected chi connectivity index (χ0v) is 9.06. The van der Waals surface area contributed by atoms with Crippen LogP contribution in [-0.2, 0) is 23.0 Å². The molecule has 0 bridgehead atoms. The van der Waals surface area contributed by atoms with Crippen molar-refractivity contribution in [2.75, 3.05) is 6.61 Å². The Labute approximate surface area is 90.7 Å². The molecule has 2 rings (SSSR count). The van der Waals surface area contributed by atoms with Gasteiger partial charge in [0.1, 0.15) is 0 Å². The summed E-state index contributed by atoms with van der Waals surface area (Å²) in [7, 11) is 1.91. The van der Waals surface area contributed by atoms with Crippen molar-refractivity contribution in [1.82, 2.24) is 9.55 Å². The molecular weight excluding hydrogens is 192 g/mol. The van der Waals surface area contributed by atoms with Crippen LogP contribution >= 0.6 is 0 Å². The Morgan fingerprint density at radius 1 is 1.80 bits per heavy atom. The van der Waals surface area contributed by atoms with Crippen molar-refractivity contribution >= 4 is 5.97 Å². The summed E-state index contributed by atoms with van der Waals surface area (Å²) in [5, 5.41) is 0. The number of rotatable bonds is 3. The van der Waals surface area contributed by atoms with Crippen LogP contribution in [0, 0.1) is 11.8 Å². The number of hydrogen-bond acceptors (Lipinski definition) is 3. The van der Waals surface area contributed by atoms with Gasteiger partial charge in [-0.25, -0.2) is 4.98 Å². The molecule has 0 amide bonds. The lowest BCUT2D eigenvalue weighted by Gasteiger charge is -2.12. The summed E-state index contributed by atoms with van der Waals surface area (Å²) in [5.41, 5.74) is 1.04. The summed E-state index contributed by atoms with van der Waals surface area (Å²) in [5.74, 6) is -1.54. The third-order valence-electron chi connectivity index (χ3n) is 2.92. The van der Waals surface area contributed by atoms with E-state index < -0.39 is 5.89 Å². The van der Waals surface area contributed by atoms with Crippen LogP contribution in [0.4, 0.5) is 0 Å². The molecule has 1 aromatic rings. The number of esters is 1. The molecular formula is C11H16N2O2. The molecule has 0 N–H and O–H groups in total. The van der Waals surface area contributed by atoms with E-state index in [0.717, 1.165) is 5.69 Å². The molecule has 82 valence electrons. The summed E-state index contributed by atoms with van der Waals surface area (Å²) < 4.78 is 15.1. The monoisotopic (exact) mass is 209 g/mol.